The van der Waals surface area contributed by atoms with E-state index in [0.717, 1.165) is 48.7 Å². The second-order valence-corrected chi connectivity index (χ2v) is 9.78. The molecular weight excluding hydrogens is 462 g/mol. The first-order chi connectivity index (χ1) is 18.0. The molecule has 37 heavy (non-hydrogen) atoms. The van der Waals surface area contributed by atoms with Gasteiger partial charge < -0.3 is 15.7 Å². The number of aromatic nitrogens is 1. The Morgan fingerprint density at radius 1 is 0.838 bits per heavy atom. The average molecular weight is 494 g/mol. The van der Waals surface area contributed by atoms with E-state index >= 15 is 0 Å². The van der Waals surface area contributed by atoms with Gasteiger partial charge >= 0.3 is 5.97 Å². The van der Waals surface area contributed by atoms with Crippen molar-refractivity contribution in [2.45, 2.75) is 50.7 Å². The van der Waals surface area contributed by atoms with Crippen molar-refractivity contribution < 1.29 is 14.7 Å². The molecule has 1 aliphatic carbocycles. The second kappa shape index (κ2) is 11.4. The number of rotatable bonds is 9. The summed E-state index contributed by atoms with van der Waals surface area (Å²) >= 11 is 0. The molecule has 6 nitrogen and oxygen atoms in total. The van der Waals surface area contributed by atoms with Gasteiger partial charge in [0.2, 0.25) is 0 Å². The van der Waals surface area contributed by atoms with Gasteiger partial charge in [0.1, 0.15) is 0 Å². The fourth-order valence-electron chi connectivity index (χ4n) is 5.11. The van der Waals surface area contributed by atoms with Gasteiger partial charge in [-0.25, -0.2) is 4.79 Å². The average Bonchev–Trinajstić information content (AvgIpc) is 2.93. The third-order valence-corrected chi connectivity index (χ3v) is 7.17. The number of fused-ring (bicyclic) bond motifs is 1. The molecule has 4 aromatic rings. The van der Waals surface area contributed by atoms with Crippen molar-refractivity contribution in [3.63, 3.8) is 0 Å². The van der Waals surface area contributed by atoms with Crippen LogP contribution in [0.25, 0.3) is 10.8 Å². The molecule has 3 aromatic carbocycles. The van der Waals surface area contributed by atoms with Crippen LogP contribution in [0, 0.1) is 0 Å². The van der Waals surface area contributed by atoms with Gasteiger partial charge in [-0.05, 0) is 61.1 Å². The van der Waals surface area contributed by atoms with Crippen LogP contribution in [0.15, 0.2) is 85.2 Å². The summed E-state index contributed by atoms with van der Waals surface area (Å²) in [5.74, 6) is -1.01. The van der Waals surface area contributed by atoms with Crippen molar-refractivity contribution in [1.82, 2.24) is 10.3 Å². The van der Waals surface area contributed by atoms with Crippen LogP contribution in [0.5, 0.6) is 0 Å². The van der Waals surface area contributed by atoms with Gasteiger partial charge in [0, 0.05) is 59.5 Å². The molecule has 1 saturated carbocycles. The van der Waals surface area contributed by atoms with E-state index in [2.05, 4.69) is 52.0 Å². The predicted molar refractivity (Wildman–Crippen MR) is 146 cm³/mol. The number of anilines is 1. The lowest BCUT2D eigenvalue weighted by molar-refractivity contribution is 0.0696. The fraction of sp³-hybridized carbons (Fsp3) is 0.258. The quantitative estimate of drug-likeness (QED) is 0.253. The number of carboxylic acid groups (broad SMARTS) is 1. The molecule has 0 radical (unpaired) electrons. The molecule has 0 bridgehead atoms. The van der Waals surface area contributed by atoms with Crippen LogP contribution < -0.4 is 10.6 Å². The minimum atomic E-state index is -0.994. The molecule has 5 rings (SSSR count). The Bertz CT molecular complexity index is 1390. The number of carbonyl (C=O) groups is 2. The number of aromatic carboxylic acids is 1. The molecule has 1 heterocycles. The van der Waals surface area contributed by atoms with Gasteiger partial charge in [-0.1, -0.05) is 48.5 Å². The van der Waals surface area contributed by atoms with E-state index in [0.29, 0.717) is 24.1 Å². The number of nitrogens with zero attached hydrogens (tertiary/aromatic N) is 1. The number of pyridine rings is 1. The van der Waals surface area contributed by atoms with Gasteiger partial charge in [0.15, 0.2) is 5.78 Å². The summed E-state index contributed by atoms with van der Waals surface area (Å²) in [6.45, 7) is 0.772. The van der Waals surface area contributed by atoms with Gasteiger partial charge in [-0.3, -0.25) is 9.78 Å². The zero-order valence-corrected chi connectivity index (χ0v) is 20.7. The maximum absolute atomic E-state index is 12.7. The Balaban J connectivity index is 1.11. The van der Waals surface area contributed by atoms with Gasteiger partial charge in [0.25, 0.3) is 0 Å². The first-order valence-electron chi connectivity index (χ1n) is 12.8. The minimum Gasteiger partial charge on any atom is -0.478 e. The van der Waals surface area contributed by atoms with E-state index in [1.54, 1.807) is 12.1 Å². The minimum absolute atomic E-state index is 0.0182. The number of nitrogens with one attached hydrogen (secondary N) is 2. The molecule has 0 amide bonds. The van der Waals surface area contributed by atoms with E-state index in [-0.39, 0.29) is 11.3 Å². The van der Waals surface area contributed by atoms with Crippen molar-refractivity contribution >= 4 is 28.2 Å². The van der Waals surface area contributed by atoms with E-state index in [4.69, 9.17) is 5.11 Å². The monoisotopic (exact) mass is 493 g/mol. The van der Waals surface area contributed by atoms with E-state index in [9.17, 15) is 9.59 Å². The zero-order valence-electron chi connectivity index (χ0n) is 20.7. The largest absolute Gasteiger partial charge is 0.478 e. The Hall–Kier alpha value is -4.03. The van der Waals surface area contributed by atoms with E-state index < -0.39 is 5.97 Å². The number of hydrogen-bond donors (Lipinski definition) is 3. The normalized spacial score (nSPS) is 17.4. The Labute approximate surface area is 216 Å². The highest BCUT2D eigenvalue weighted by Crippen LogP contribution is 2.27. The lowest BCUT2D eigenvalue weighted by Gasteiger charge is -2.30. The van der Waals surface area contributed by atoms with Crippen LogP contribution in [0.1, 0.15) is 57.5 Å². The number of carbonyl (C=O) groups excluding carboxylic acids is 1. The fourth-order valence-corrected chi connectivity index (χ4v) is 5.11. The Morgan fingerprint density at radius 2 is 1.54 bits per heavy atom. The number of benzene rings is 3. The van der Waals surface area contributed by atoms with E-state index in [1.807, 2.05) is 24.5 Å². The third kappa shape index (κ3) is 6.22. The predicted octanol–water partition coefficient (Wildman–Crippen LogP) is 5.87. The number of ketones is 1. The van der Waals surface area contributed by atoms with Gasteiger partial charge in [-0.2, -0.15) is 0 Å². The Morgan fingerprint density at radius 3 is 2.32 bits per heavy atom. The molecule has 0 spiro atoms. The zero-order chi connectivity index (χ0) is 25.6. The molecule has 1 aliphatic rings. The maximum atomic E-state index is 12.7. The van der Waals surface area contributed by atoms with Crippen molar-refractivity contribution in [3.8, 4) is 0 Å². The first-order valence-corrected chi connectivity index (χ1v) is 12.8. The van der Waals surface area contributed by atoms with Crippen molar-refractivity contribution in [2.24, 2.45) is 0 Å². The van der Waals surface area contributed by atoms with Gasteiger partial charge in [0.05, 0.1) is 5.56 Å². The summed E-state index contributed by atoms with van der Waals surface area (Å²) in [6, 6.07) is 23.6. The smallest absolute Gasteiger partial charge is 0.335 e. The number of Topliss-reactive ketones (excluding diaryl/α,β-unsaturated/α-hetero) is 1. The second-order valence-electron chi connectivity index (χ2n) is 9.78. The highest BCUT2D eigenvalue weighted by atomic mass is 16.4. The van der Waals surface area contributed by atoms with Crippen LogP contribution in [-0.4, -0.2) is 33.9 Å². The van der Waals surface area contributed by atoms with Crippen LogP contribution in [0.4, 0.5) is 5.69 Å². The summed E-state index contributed by atoms with van der Waals surface area (Å²) in [6.07, 6.45) is 8.52. The first kappa shape index (κ1) is 24.7. The molecule has 0 aliphatic heterocycles. The molecule has 1 aromatic heterocycles. The van der Waals surface area contributed by atoms with Crippen LogP contribution in [0.3, 0.4) is 0 Å². The SMILES string of the molecule is O=C(O)c1ccc(C(=O)Cc2cccc(CNC3CCC(Nc4cccc5cnccc45)CC3)c2)cc1. The standard InChI is InChI=1S/C31H31N3O3/c35-30(23-7-9-24(10-8-23)31(36)37)18-21-3-1-4-22(17-21)19-33-26-11-13-27(14-12-26)34-29-6-2-5-25-20-32-16-15-28(25)29/h1-10,15-17,20,26-27,33-34H,11-14,18-19H2,(H,36,37). The lowest BCUT2D eigenvalue weighted by Crippen LogP contribution is -2.36. The number of hydrogen-bond acceptors (Lipinski definition) is 5. The highest BCUT2D eigenvalue weighted by Gasteiger charge is 2.21. The van der Waals surface area contributed by atoms with Crippen molar-refractivity contribution in [1.29, 1.82) is 0 Å². The molecule has 3 N–H and O–H groups in total. The maximum Gasteiger partial charge on any atom is 0.335 e. The van der Waals surface area contributed by atoms with Crippen LogP contribution >= 0.6 is 0 Å². The molecular formula is C31H31N3O3. The molecule has 0 unspecified atom stereocenters. The van der Waals surface area contributed by atoms with Crippen LogP contribution in [0.2, 0.25) is 0 Å². The van der Waals surface area contributed by atoms with E-state index in [1.165, 1.54) is 23.2 Å². The van der Waals surface area contributed by atoms with Crippen molar-refractivity contribution in [2.75, 3.05) is 5.32 Å². The molecule has 0 saturated heterocycles. The molecule has 6 heteroatoms. The summed E-state index contributed by atoms with van der Waals surface area (Å²) in [7, 11) is 0. The highest BCUT2D eigenvalue weighted by molar-refractivity contribution is 5.98. The third-order valence-electron chi connectivity index (χ3n) is 7.17. The van der Waals surface area contributed by atoms with Crippen LogP contribution in [-0.2, 0) is 13.0 Å². The summed E-state index contributed by atoms with van der Waals surface area (Å²) in [5, 5.41) is 18.9. The summed E-state index contributed by atoms with van der Waals surface area (Å²) < 4.78 is 0. The van der Waals surface area contributed by atoms with Gasteiger partial charge in [-0.15, -0.1) is 0 Å². The molecule has 188 valence electrons. The Kier molecular flexibility index (Phi) is 7.57. The number of carboxylic acids is 1. The summed E-state index contributed by atoms with van der Waals surface area (Å²) in [4.78, 5) is 27.9. The topological polar surface area (TPSA) is 91.3 Å². The molecule has 0 atom stereocenters. The van der Waals surface area contributed by atoms with Crippen molar-refractivity contribution in [3.05, 3.63) is 107 Å². The lowest BCUT2D eigenvalue weighted by atomic mass is 9.90. The molecule has 1 fully saturated rings. The summed E-state index contributed by atoms with van der Waals surface area (Å²) in [5.41, 5.74) is 4.01.